The highest BCUT2D eigenvalue weighted by Crippen LogP contribution is 2.21. The Morgan fingerprint density at radius 3 is 2.69 bits per heavy atom. The van der Waals surface area contributed by atoms with Crippen molar-refractivity contribution < 1.29 is 14.6 Å². The van der Waals surface area contributed by atoms with E-state index in [1.165, 1.54) is 0 Å². The maximum atomic E-state index is 10.7. The average molecular weight is 185 g/mol. The number of carboxylic acids is 1. The van der Waals surface area contributed by atoms with E-state index in [9.17, 15) is 4.79 Å². The van der Waals surface area contributed by atoms with Gasteiger partial charge in [0.25, 0.3) is 0 Å². The predicted molar refractivity (Wildman–Crippen MR) is 46.5 cm³/mol. The number of nitrogens with zero attached hydrogens (tertiary/aromatic N) is 1. The van der Waals surface area contributed by atoms with Crippen molar-refractivity contribution >= 4 is 5.97 Å². The third-order valence-corrected chi connectivity index (χ3v) is 2.95. The molecule has 2 rings (SSSR count). The summed E-state index contributed by atoms with van der Waals surface area (Å²) in [6.07, 6.45) is 1.90. The van der Waals surface area contributed by atoms with Crippen LogP contribution in [0.4, 0.5) is 0 Å². The van der Waals surface area contributed by atoms with Gasteiger partial charge in [0.05, 0.1) is 13.2 Å². The van der Waals surface area contributed by atoms with E-state index in [0.717, 1.165) is 39.1 Å². The normalized spacial score (nSPS) is 29.4. The van der Waals surface area contributed by atoms with Crippen LogP contribution < -0.4 is 0 Å². The molecule has 2 fully saturated rings. The number of carbonyl (C=O) groups is 1. The van der Waals surface area contributed by atoms with Crippen molar-refractivity contribution in [1.82, 2.24) is 4.90 Å². The molecule has 1 unspecified atom stereocenters. The van der Waals surface area contributed by atoms with Crippen molar-refractivity contribution in [2.24, 2.45) is 5.92 Å². The summed E-state index contributed by atoms with van der Waals surface area (Å²) in [5.74, 6) is 0.00570. The molecule has 2 saturated heterocycles. The number of aliphatic carboxylic acids is 1. The second-order valence-corrected chi connectivity index (χ2v) is 3.87. The van der Waals surface area contributed by atoms with Crippen molar-refractivity contribution in [2.75, 3.05) is 26.3 Å². The first-order chi connectivity index (χ1) is 6.27. The summed E-state index contributed by atoms with van der Waals surface area (Å²) in [6.45, 7) is 3.60. The average Bonchev–Trinajstić information content (AvgIpc) is 1.90. The topological polar surface area (TPSA) is 49.8 Å². The molecule has 0 saturated carbocycles. The van der Waals surface area contributed by atoms with E-state index < -0.39 is 5.97 Å². The Kier molecular flexibility index (Phi) is 2.51. The number of likely N-dealkylation sites (tertiary alicyclic amines) is 1. The fraction of sp³-hybridized carbons (Fsp3) is 0.889. The van der Waals surface area contributed by atoms with Crippen LogP contribution in [0.15, 0.2) is 0 Å². The SMILES string of the molecule is O=C(O)C1CCN1CCC1COC1. The Bertz CT molecular complexity index is 203. The molecular formula is C9H15NO3. The Labute approximate surface area is 77.5 Å². The van der Waals surface area contributed by atoms with Crippen LogP contribution in [0.3, 0.4) is 0 Å². The Hall–Kier alpha value is -0.610. The Morgan fingerprint density at radius 2 is 2.31 bits per heavy atom. The zero-order valence-corrected chi connectivity index (χ0v) is 7.61. The van der Waals surface area contributed by atoms with E-state index in [-0.39, 0.29) is 6.04 Å². The molecule has 0 amide bonds. The minimum absolute atomic E-state index is 0.207. The highest BCUT2D eigenvalue weighted by Gasteiger charge is 2.34. The fourth-order valence-electron chi connectivity index (χ4n) is 1.79. The zero-order valence-electron chi connectivity index (χ0n) is 7.61. The first-order valence-corrected chi connectivity index (χ1v) is 4.82. The van der Waals surface area contributed by atoms with Crippen molar-refractivity contribution in [3.05, 3.63) is 0 Å². The van der Waals surface area contributed by atoms with Crippen LogP contribution in [0.25, 0.3) is 0 Å². The lowest BCUT2D eigenvalue weighted by Gasteiger charge is -2.39. The monoisotopic (exact) mass is 185 g/mol. The summed E-state index contributed by atoms with van der Waals surface area (Å²) in [5.41, 5.74) is 0. The molecule has 0 radical (unpaired) electrons. The molecule has 4 heteroatoms. The van der Waals surface area contributed by atoms with Crippen molar-refractivity contribution in [1.29, 1.82) is 0 Å². The lowest BCUT2D eigenvalue weighted by molar-refractivity contribution is -0.148. The van der Waals surface area contributed by atoms with Gasteiger partial charge in [0, 0.05) is 12.5 Å². The molecule has 0 aromatic rings. The molecule has 13 heavy (non-hydrogen) atoms. The van der Waals surface area contributed by atoms with Crippen LogP contribution >= 0.6 is 0 Å². The smallest absolute Gasteiger partial charge is 0.320 e. The van der Waals surface area contributed by atoms with Gasteiger partial charge in [-0.05, 0) is 19.4 Å². The van der Waals surface area contributed by atoms with E-state index in [4.69, 9.17) is 9.84 Å². The van der Waals surface area contributed by atoms with Crippen molar-refractivity contribution in [2.45, 2.75) is 18.9 Å². The largest absolute Gasteiger partial charge is 0.480 e. The van der Waals surface area contributed by atoms with Crippen LogP contribution in [0.1, 0.15) is 12.8 Å². The minimum atomic E-state index is -0.670. The summed E-state index contributed by atoms with van der Waals surface area (Å²) >= 11 is 0. The number of rotatable bonds is 4. The summed E-state index contributed by atoms with van der Waals surface area (Å²) in [5, 5.41) is 8.77. The van der Waals surface area contributed by atoms with E-state index in [2.05, 4.69) is 0 Å². The number of ether oxygens (including phenoxy) is 1. The summed E-state index contributed by atoms with van der Waals surface area (Å²) in [6, 6.07) is -0.207. The fourth-order valence-corrected chi connectivity index (χ4v) is 1.79. The molecule has 0 aromatic carbocycles. The summed E-state index contributed by atoms with van der Waals surface area (Å²) < 4.78 is 5.06. The van der Waals surface area contributed by atoms with Gasteiger partial charge in [0.1, 0.15) is 6.04 Å². The highest BCUT2D eigenvalue weighted by molar-refractivity contribution is 5.74. The number of carboxylic acid groups (broad SMARTS) is 1. The second kappa shape index (κ2) is 3.64. The molecule has 0 bridgehead atoms. The van der Waals surface area contributed by atoms with Crippen molar-refractivity contribution in [3.63, 3.8) is 0 Å². The third-order valence-electron chi connectivity index (χ3n) is 2.95. The van der Waals surface area contributed by atoms with Gasteiger partial charge in [-0.2, -0.15) is 0 Å². The molecule has 1 atom stereocenters. The van der Waals surface area contributed by atoms with Gasteiger partial charge in [-0.15, -0.1) is 0 Å². The predicted octanol–water partition coefficient (Wildman–Crippen LogP) is 0.182. The van der Waals surface area contributed by atoms with Gasteiger partial charge in [-0.3, -0.25) is 9.69 Å². The van der Waals surface area contributed by atoms with E-state index in [0.29, 0.717) is 5.92 Å². The molecule has 4 nitrogen and oxygen atoms in total. The zero-order chi connectivity index (χ0) is 9.26. The molecule has 2 heterocycles. The molecule has 0 spiro atoms. The first kappa shape index (κ1) is 8.97. The molecule has 2 aliphatic rings. The lowest BCUT2D eigenvalue weighted by atomic mass is 9.99. The van der Waals surface area contributed by atoms with Gasteiger partial charge in [-0.1, -0.05) is 0 Å². The highest BCUT2D eigenvalue weighted by atomic mass is 16.5. The third kappa shape index (κ3) is 1.84. The molecule has 2 aliphatic heterocycles. The molecule has 74 valence electrons. The van der Waals surface area contributed by atoms with Crippen molar-refractivity contribution in [3.8, 4) is 0 Å². The number of hydrogen-bond donors (Lipinski definition) is 1. The summed E-state index contributed by atoms with van der Waals surface area (Å²) in [4.78, 5) is 12.7. The number of hydrogen-bond acceptors (Lipinski definition) is 3. The van der Waals surface area contributed by atoms with Gasteiger partial charge in [-0.25, -0.2) is 0 Å². The van der Waals surface area contributed by atoms with E-state index >= 15 is 0 Å². The molecule has 0 aliphatic carbocycles. The van der Waals surface area contributed by atoms with Crippen LogP contribution in [0, 0.1) is 5.92 Å². The minimum Gasteiger partial charge on any atom is -0.480 e. The van der Waals surface area contributed by atoms with Crippen LogP contribution in [0.2, 0.25) is 0 Å². The van der Waals surface area contributed by atoms with Gasteiger partial charge >= 0.3 is 5.97 Å². The first-order valence-electron chi connectivity index (χ1n) is 4.82. The Morgan fingerprint density at radius 1 is 1.54 bits per heavy atom. The maximum Gasteiger partial charge on any atom is 0.320 e. The molecule has 0 aromatic heterocycles. The lowest BCUT2D eigenvalue weighted by Crippen LogP contribution is -2.53. The van der Waals surface area contributed by atoms with Gasteiger partial charge in [0.15, 0.2) is 0 Å². The molecular weight excluding hydrogens is 170 g/mol. The van der Waals surface area contributed by atoms with Crippen LogP contribution in [0.5, 0.6) is 0 Å². The van der Waals surface area contributed by atoms with Crippen LogP contribution in [-0.4, -0.2) is 48.3 Å². The molecule has 1 N–H and O–H groups in total. The van der Waals surface area contributed by atoms with E-state index in [1.54, 1.807) is 0 Å². The maximum absolute atomic E-state index is 10.7. The Balaban J connectivity index is 1.66. The van der Waals surface area contributed by atoms with Gasteiger partial charge in [0.2, 0.25) is 0 Å². The quantitative estimate of drug-likeness (QED) is 0.679. The van der Waals surface area contributed by atoms with E-state index in [1.807, 2.05) is 4.90 Å². The summed E-state index contributed by atoms with van der Waals surface area (Å²) in [7, 11) is 0. The van der Waals surface area contributed by atoms with Gasteiger partial charge < -0.3 is 9.84 Å². The van der Waals surface area contributed by atoms with Crippen LogP contribution in [-0.2, 0) is 9.53 Å². The standard InChI is InChI=1S/C9H15NO3/c11-9(12)8-2-4-10(8)3-1-7-5-13-6-7/h7-8H,1-6H2,(H,11,12). The second-order valence-electron chi connectivity index (χ2n) is 3.87.